The highest BCUT2D eigenvalue weighted by Gasteiger charge is 2.70. The summed E-state index contributed by atoms with van der Waals surface area (Å²) in [4.78, 5) is 22.9. The van der Waals surface area contributed by atoms with Crippen LogP contribution in [-0.2, 0) is 4.79 Å². The van der Waals surface area contributed by atoms with Gasteiger partial charge in [0.15, 0.2) is 0 Å². The summed E-state index contributed by atoms with van der Waals surface area (Å²) in [5.41, 5.74) is 0.443. The van der Waals surface area contributed by atoms with E-state index in [9.17, 15) is 20.0 Å². The molecule has 1 saturated carbocycles. The van der Waals surface area contributed by atoms with Crippen molar-refractivity contribution in [3.8, 4) is 0 Å². The molecule has 5 nitrogen and oxygen atoms in total. The van der Waals surface area contributed by atoms with E-state index in [0.29, 0.717) is 12.0 Å². The minimum absolute atomic E-state index is 0.00462. The van der Waals surface area contributed by atoms with Crippen LogP contribution in [0.5, 0.6) is 0 Å². The van der Waals surface area contributed by atoms with E-state index in [4.69, 9.17) is 0 Å². The number of nitro groups is 1. The van der Waals surface area contributed by atoms with Crippen LogP contribution in [0.2, 0.25) is 0 Å². The summed E-state index contributed by atoms with van der Waals surface area (Å²) in [6.45, 7) is 1.83. The first-order chi connectivity index (χ1) is 11.0. The molecule has 0 bridgehead atoms. The second-order valence-corrected chi connectivity index (χ2v) is 5.88. The summed E-state index contributed by atoms with van der Waals surface area (Å²) < 4.78 is 0. The number of hydrogen-bond acceptors (Lipinski definition) is 3. The highest BCUT2D eigenvalue weighted by Crippen LogP contribution is 2.73. The topological polar surface area (TPSA) is 80.4 Å². The lowest BCUT2D eigenvalue weighted by Gasteiger charge is -2.10. The highest BCUT2D eigenvalue weighted by molar-refractivity contribution is 5.84. The zero-order valence-electron chi connectivity index (χ0n) is 12.7. The Kier molecular flexibility index (Phi) is 3.64. The van der Waals surface area contributed by atoms with Gasteiger partial charge in [-0.15, -0.1) is 0 Å². The molecule has 3 atom stereocenters. The number of benzene rings is 2. The van der Waals surface area contributed by atoms with Gasteiger partial charge in [0, 0.05) is 23.5 Å². The van der Waals surface area contributed by atoms with Crippen molar-refractivity contribution in [2.75, 3.05) is 0 Å². The molecule has 0 amide bonds. The fourth-order valence-electron chi connectivity index (χ4n) is 3.82. The molecule has 0 radical (unpaired) electrons. The quantitative estimate of drug-likeness (QED) is 0.669. The average Bonchev–Trinajstić information content (AvgIpc) is 3.26. The van der Waals surface area contributed by atoms with E-state index < -0.39 is 16.3 Å². The maximum atomic E-state index is 12.0. The minimum Gasteiger partial charge on any atom is -0.481 e. The van der Waals surface area contributed by atoms with Gasteiger partial charge in [0.2, 0.25) is 0 Å². The summed E-state index contributed by atoms with van der Waals surface area (Å²) in [6, 6.07) is 15.9. The number of para-hydroxylation sites is 1. The molecular formula is C18H17NO4. The second kappa shape index (κ2) is 5.50. The van der Waals surface area contributed by atoms with Gasteiger partial charge in [-0.3, -0.25) is 14.9 Å². The van der Waals surface area contributed by atoms with Gasteiger partial charge in [0.1, 0.15) is 0 Å². The molecule has 0 aliphatic heterocycles. The van der Waals surface area contributed by atoms with Crippen LogP contribution in [0, 0.1) is 15.5 Å². The number of rotatable bonds is 5. The van der Waals surface area contributed by atoms with E-state index in [0.717, 1.165) is 5.56 Å². The Morgan fingerprint density at radius 3 is 2.30 bits per heavy atom. The molecule has 2 aromatic carbocycles. The van der Waals surface area contributed by atoms with Crippen LogP contribution in [0.3, 0.4) is 0 Å². The van der Waals surface area contributed by atoms with Crippen molar-refractivity contribution >= 4 is 11.7 Å². The van der Waals surface area contributed by atoms with Crippen LogP contribution in [0.1, 0.15) is 36.3 Å². The molecular weight excluding hydrogens is 294 g/mol. The monoisotopic (exact) mass is 311 g/mol. The number of carbonyl (C=O) groups is 1. The molecule has 1 N–H and O–H groups in total. The predicted octanol–water partition coefficient (Wildman–Crippen LogP) is 3.96. The lowest BCUT2D eigenvalue weighted by molar-refractivity contribution is -0.385. The number of nitro benzene ring substituents is 1. The lowest BCUT2D eigenvalue weighted by Crippen LogP contribution is -2.17. The SMILES string of the molecule is CC[C@@]1(C(=O)O)[C@@H](c2ccccc2)[C@@H]1c1ccccc1[N+](=O)[O-]. The van der Waals surface area contributed by atoms with Crippen molar-refractivity contribution in [2.24, 2.45) is 5.41 Å². The number of nitrogens with zero attached hydrogens (tertiary/aromatic N) is 1. The lowest BCUT2D eigenvalue weighted by atomic mass is 9.94. The van der Waals surface area contributed by atoms with Crippen LogP contribution >= 0.6 is 0 Å². The van der Waals surface area contributed by atoms with Gasteiger partial charge < -0.3 is 5.11 Å². The molecule has 5 heteroatoms. The Hall–Kier alpha value is -2.69. The Morgan fingerprint density at radius 2 is 1.74 bits per heavy atom. The maximum absolute atomic E-state index is 12.0. The largest absolute Gasteiger partial charge is 0.481 e. The maximum Gasteiger partial charge on any atom is 0.310 e. The molecule has 1 aliphatic carbocycles. The number of aliphatic carboxylic acids is 1. The Balaban J connectivity index is 2.14. The smallest absolute Gasteiger partial charge is 0.310 e. The summed E-state index contributed by atoms with van der Waals surface area (Å²) >= 11 is 0. The molecule has 2 aromatic rings. The summed E-state index contributed by atoms with van der Waals surface area (Å²) in [7, 11) is 0. The molecule has 0 saturated heterocycles. The van der Waals surface area contributed by atoms with E-state index >= 15 is 0 Å². The van der Waals surface area contributed by atoms with Gasteiger partial charge in [-0.05, 0) is 12.0 Å². The van der Waals surface area contributed by atoms with Gasteiger partial charge in [0.25, 0.3) is 5.69 Å². The molecule has 3 rings (SSSR count). The van der Waals surface area contributed by atoms with Crippen LogP contribution in [0.4, 0.5) is 5.69 Å². The third-order valence-electron chi connectivity index (χ3n) is 4.94. The van der Waals surface area contributed by atoms with Gasteiger partial charge in [-0.2, -0.15) is 0 Å². The van der Waals surface area contributed by atoms with Crippen molar-refractivity contribution in [1.82, 2.24) is 0 Å². The van der Waals surface area contributed by atoms with E-state index in [1.54, 1.807) is 18.2 Å². The van der Waals surface area contributed by atoms with Gasteiger partial charge in [-0.1, -0.05) is 55.5 Å². The van der Waals surface area contributed by atoms with Crippen molar-refractivity contribution < 1.29 is 14.8 Å². The number of carboxylic acid groups (broad SMARTS) is 1. The summed E-state index contributed by atoms with van der Waals surface area (Å²) in [5, 5.41) is 21.2. The van der Waals surface area contributed by atoms with E-state index in [-0.39, 0.29) is 17.5 Å². The molecule has 23 heavy (non-hydrogen) atoms. The molecule has 1 fully saturated rings. The van der Waals surface area contributed by atoms with E-state index in [2.05, 4.69) is 0 Å². The van der Waals surface area contributed by atoms with Gasteiger partial charge in [0.05, 0.1) is 10.3 Å². The fraction of sp³-hybridized carbons (Fsp3) is 0.278. The Morgan fingerprint density at radius 1 is 1.13 bits per heavy atom. The first-order valence-electron chi connectivity index (χ1n) is 7.55. The van der Waals surface area contributed by atoms with Crippen LogP contribution in [0.25, 0.3) is 0 Å². The summed E-state index contributed by atoms with van der Waals surface area (Å²) in [6.07, 6.45) is 0.429. The van der Waals surface area contributed by atoms with Crippen molar-refractivity contribution in [2.45, 2.75) is 25.2 Å². The third-order valence-corrected chi connectivity index (χ3v) is 4.94. The molecule has 0 spiro atoms. The summed E-state index contributed by atoms with van der Waals surface area (Å²) in [5.74, 6) is -1.52. The second-order valence-electron chi connectivity index (χ2n) is 5.88. The van der Waals surface area contributed by atoms with Gasteiger partial charge >= 0.3 is 5.97 Å². The first-order valence-corrected chi connectivity index (χ1v) is 7.55. The predicted molar refractivity (Wildman–Crippen MR) is 85.4 cm³/mol. The number of hydrogen-bond donors (Lipinski definition) is 1. The minimum atomic E-state index is -0.979. The van der Waals surface area contributed by atoms with Crippen LogP contribution in [0.15, 0.2) is 54.6 Å². The van der Waals surface area contributed by atoms with Crippen LogP contribution in [-0.4, -0.2) is 16.0 Å². The molecule has 0 heterocycles. The zero-order valence-corrected chi connectivity index (χ0v) is 12.7. The van der Waals surface area contributed by atoms with Crippen molar-refractivity contribution in [1.29, 1.82) is 0 Å². The Labute approximate surface area is 133 Å². The number of carboxylic acids is 1. The zero-order chi connectivity index (χ0) is 16.6. The molecule has 1 aliphatic rings. The molecule has 118 valence electrons. The van der Waals surface area contributed by atoms with E-state index in [1.165, 1.54) is 6.07 Å². The standard InChI is InChI=1S/C18H17NO4/c1-2-18(17(20)21)15(12-8-4-3-5-9-12)16(18)13-10-6-7-11-14(13)19(22)23/h3-11,15-16H,2H2,1H3,(H,20,21)/t15-,16-,18+/m0/s1. The fourth-order valence-corrected chi connectivity index (χ4v) is 3.82. The highest BCUT2D eigenvalue weighted by atomic mass is 16.6. The van der Waals surface area contributed by atoms with Gasteiger partial charge in [-0.25, -0.2) is 0 Å². The van der Waals surface area contributed by atoms with Crippen LogP contribution < -0.4 is 0 Å². The first kappa shape index (κ1) is 15.2. The normalized spacial score (nSPS) is 25.8. The van der Waals surface area contributed by atoms with Crippen molar-refractivity contribution in [3.63, 3.8) is 0 Å². The molecule has 0 aromatic heterocycles. The van der Waals surface area contributed by atoms with Crippen molar-refractivity contribution in [3.05, 3.63) is 75.8 Å². The molecule has 0 unspecified atom stereocenters. The Bertz CT molecular complexity index is 759. The van der Waals surface area contributed by atoms with E-state index in [1.807, 2.05) is 37.3 Å². The third kappa shape index (κ3) is 2.20. The average molecular weight is 311 g/mol.